The zero-order valence-electron chi connectivity index (χ0n) is 19.3. The van der Waals surface area contributed by atoms with Crippen molar-refractivity contribution in [3.05, 3.63) is 137 Å². The van der Waals surface area contributed by atoms with Gasteiger partial charge in [-0.15, -0.1) is 0 Å². The summed E-state index contributed by atoms with van der Waals surface area (Å²) in [4.78, 5) is 0. The maximum Gasteiger partial charge on any atom is 0.299 e. The normalized spacial score (nSPS) is 17.0. The smallest absolute Gasteiger partial charge is 0.192 e. The second-order valence-electron chi connectivity index (χ2n) is 8.34. The Labute approximate surface area is 190 Å². The van der Waals surface area contributed by atoms with Gasteiger partial charge in [0, 0.05) is 13.9 Å². The summed E-state index contributed by atoms with van der Waals surface area (Å²) < 4.78 is 14.6. The summed E-state index contributed by atoms with van der Waals surface area (Å²) in [5, 5.41) is 0. The van der Waals surface area contributed by atoms with Gasteiger partial charge in [0.05, 0.1) is 11.5 Å². The van der Waals surface area contributed by atoms with Crippen LogP contribution in [0.15, 0.2) is 109 Å². The lowest BCUT2D eigenvalue weighted by molar-refractivity contribution is -0.590. The summed E-state index contributed by atoms with van der Waals surface area (Å²) in [6.07, 6.45) is 0. The van der Waals surface area contributed by atoms with Crippen LogP contribution in [0.1, 0.15) is 35.3 Å². The Kier molecular flexibility index (Phi) is 4.07. The SMILES string of the molecule is [2H]C1(c2ccccc2)c2ccccc2-n2c1c(C)[n+](-c1ccccc1C)c2-c1ccccc1. The number of hydrogen-bond donors (Lipinski definition) is 0. The van der Waals surface area contributed by atoms with Gasteiger partial charge in [0.15, 0.2) is 11.4 Å². The Balaban J connectivity index is 1.80. The molecular formula is C30H25N2+. The van der Waals surface area contributed by atoms with Gasteiger partial charge in [-0.3, -0.25) is 0 Å². The molecule has 0 fully saturated rings. The van der Waals surface area contributed by atoms with E-state index in [9.17, 15) is 1.37 Å². The number of fused-ring (bicyclic) bond motifs is 3. The van der Waals surface area contributed by atoms with E-state index in [4.69, 9.17) is 0 Å². The summed E-state index contributed by atoms with van der Waals surface area (Å²) in [6.45, 7) is 4.31. The van der Waals surface area contributed by atoms with E-state index in [1.807, 2.05) is 24.3 Å². The summed E-state index contributed by atoms with van der Waals surface area (Å²) in [7, 11) is 0. The van der Waals surface area contributed by atoms with E-state index in [1.165, 1.54) is 5.56 Å². The lowest BCUT2D eigenvalue weighted by Crippen LogP contribution is -2.36. The minimum atomic E-state index is -1.00. The first-order valence-corrected chi connectivity index (χ1v) is 11.1. The predicted molar refractivity (Wildman–Crippen MR) is 130 cm³/mol. The second-order valence-corrected chi connectivity index (χ2v) is 8.34. The molecule has 2 heterocycles. The Morgan fingerprint density at radius 1 is 0.719 bits per heavy atom. The number of rotatable bonds is 3. The van der Waals surface area contributed by atoms with Crippen LogP contribution in [-0.2, 0) is 0 Å². The molecule has 4 aromatic carbocycles. The van der Waals surface area contributed by atoms with Gasteiger partial charge in [-0.1, -0.05) is 84.9 Å². The number of hydrogen-bond acceptors (Lipinski definition) is 0. The van der Waals surface area contributed by atoms with Crippen molar-refractivity contribution in [2.24, 2.45) is 0 Å². The molecule has 0 spiro atoms. The van der Waals surface area contributed by atoms with E-state index in [0.717, 1.165) is 45.3 Å². The molecule has 154 valence electrons. The number of aromatic nitrogens is 2. The van der Waals surface area contributed by atoms with Crippen LogP contribution in [0.4, 0.5) is 0 Å². The quantitative estimate of drug-likeness (QED) is 0.297. The number of aryl methyl sites for hydroxylation is 1. The summed E-state index contributed by atoms with van der Waals surface area (Å²) in [5.74, 6) is 0.0780. The van der Waals surface area contributed by atoms with E-state index < -0.39 is 5.89 Å². The third-order valence-electron chi connectivity index (χ3n) is 6.43. The van der Waals surface area contributed by atoms with E-state index in [2.05, 4.69) is 108 Å². The molecule has 2 nitrogen and oxygen atoms in total. The minimum absolute atomic E-state index is 0.980. The van der Waals surface area contributed by atoms with Gasteiger partial charge in [0.2, 0.25) is 0 Å². The zero-order valence-corrected chi connectivity index (χ0v) is 18.3. The number of imidazole rings is 1. The maximum atomic E-state index is 9.98. The van der Waals surface area contributed by atoms with Crippen LogP contribution < -0.4 is 4.57 Å². The molecule has 1 aliphatic rings. The van der Waals surface area contributed by atoms with E-state index >= 15 is 0 Å². The largest absolute Gasteiger partial charge is 0.299 e. The van der Waals surface area contributed by atoms with Crippen LogP contribution in [0.5, 0.6) is 0 Å². The average Bonchev–Trinajstić information content (AvgIpc) is 3.32. The average molecular weight is 415 g/mol. The highest BCUT2D eigenvalue weighted by molar-refractivity contribution is 5.66. The second kappa shape index (κ2) is 7.35. The molecule has 0 bridgehead atoms. The van der Waals surface area contributed by atoms with Gasteiger partial charge in [0.1, 0.15) is 11.4 Å². The van der Waals surface area contributed by atoms with Crippen molar-refractivity contribution in [3.63, 3.8) is 0 Å². The molecule has 1 aromatic heterocycles. The monoisotopic (exact) mass is 414 g/mol. The molecule has 2 heteroatoms. The standard InChI is InChI=1S/C30H25N2/c1-21-13-9-11-19-26(21)31-22(2)29-28(23-14-5-3-6-15-23)25-18-10-12-20-27(25)32(29)30(31)24-16-7-4-8-17-24/h3-20,28H,1-2H3/q+1/i28D. The molecule has 0 radical (unpaired) electrons. The fourth-order valence-electron chi connectivity index (χ4n) is 5.02. The number of nitrogens with zero attached hydrogens (tertiary/aromatic N) is 2. The van der Waals surface area contributed by atoms with Crippen molar-refractivity contribution < 1.29 is 5.94 Å². The van der Waals surface area contributed by atoms with Crippen molar-refractivity contribution in [1.82, 2.24) is 4.57 Å². The minimum Gasteiger partial charge on any atom is -0.192 e. The fourth-order valence-corrected chi connectivity index (χ4v) is 5.02. The third kappa shape index (κ3) is 2.69. The summed E-state index contributed by atoms with van der Waals surface area (Å²) >= 11 is 0. The maximum absolute atomic E-state index is 9.98. The van der Waals surface area contributed by atoms with Crippen LogP contribution in [0.3, 0.4) is 0 Å². The molecule has 0 N–H and O–H groups in total. The van der Waals surface area contributed by atoms with Crippen molar-refractivity contribution >= 4 is 0 Å². The van der Waals surface area contributed by atoms with Crippen molar-refractivity contribution in [2.75, 3.05) is 0 Å². The van der Waals surface area contributed by atoms with Gasteiger partial charge in [-0.25, -0.2) is 0 Å². The lowest BCUT2D eigenvalue weighted by Gasteiger charge is -2.12. The molecule has 0 saturated heterocycles. The van der Waals surface area contributed by atoms with Crippen LogP contribution in [0.2, 0.25) is 0 Å². The van der Waals surface area contributed by atoms with Gasteiger partial charge >= 0.3 is 0 Å². The van der Waals surface area contributed by atoms with Gasteiger partial charge < -0.3 is 0 Å². The highest BCUT2D eigenvalue weighted by Crippen LogP contribution is 2.45. The predicted octanol–water partition coefficient (Wildman–Crippen LogP) is 6.53. The van der Waals surface area contributed by atoms with E-state index in [0.29, 0.717) is 0 Å². The van der Waals surface area contributed by atoms with Crippen molar-refractivity contribution in [1.29, 1.82) is 0 Å². The first kappa shape index (κ1) is 17.7. The zero-order chi connectivity index (χ0) is 22.6. The number of benzene rings is 4. The highest BCUT2D eigenvalue weighted by Gasteiger charge is 2.43. The fraction of sp³-hybridized carbons (Fsp3) is 0.100. The molecule has 32 heavy (non-hydrogen) atoms. The Bertz CT molecular complexity index is 1490. The molecule has 6 rings (SSSR count). The van der Waals surface area contributed by atoms with Crippen LogP contribution >= 0.6 is 0 Å². The molecular weight excluding hydrogens is 388 g/mol. The molecule has 0 amide bonds. The molecule has 5 aromatic rings. The Hall–Kier alpha value is -3.91. The molecule has 0 aliphatic carbocycles. The topological polar surface area (TPSA) is 8.81 Å². The Morgan fingerprint density at radius 2 is 1.34 bits per heavy atom. The first-order valence-electron chi connectivity index (χ1n) is 11.6. The van der Waals surface area contributed by atoms with E-state index in [-0.39, 0.29) is 0 Å². The van der Waals surface area contributed by atoms with Crippen LogP contribution in [0, 0.1) is 13.8 Å². The van der Waals surface area contributed by atoms with Crippen molar-refractivity contribution in [3.8, 4) is 22.8 Å². The molecule has 1 aliphatic heterocycles. The van der Waals surface area contributed by atoms with Crippen LogP contribution in [0.25, 0.3) is 22.8 Å². The highest BCUT2D eigenvalue weighted by atomic mass is 15.2. The van der Waals surface area contributed by atoms with Gasteiger partial charge in [-0.2, -0.15) is 9.13 Å². The molecule has 0 saturated carbocycles. The summed E-state index contributed by atoms with van der Waals surface area (Å²) in [5.41, 5.74) is 8.62. The van der Waals surface area contributed by atoms with E-state index in [1.54, 1.807) is 0 Å². The summed E-state index contributed by atoms with van der Waals surface area (Å²) in [6, 6.07) is 37.6. The number of para-hydroxylation sites is 2. The van der Waals surface area contributed by atoms with Gasteiger partial charge in [0.25, 0.3) is 5.82 Å². The lowest BCUT2D eigenvalue weighted by atomic mass is 9.89. The third-order valence-corrected chi connectivity index (χ3v) is 6.43. The van der Waals surface area contributed by atoms with Crippen molar-refractivity contribution in [2.45, 2.75) is 19.7 Å². The molecule has 1 unspecified atom stereocenters. The molecule has 1 atom stereocenters. The Morgan fingerprint density at radius 3 is 2.09 bits per heavy atom. The first-order chi connectivity index (χ1) is 16.1. The van der Waals surface area contributed by atoms with Crippen LogP contribution in [-0.4, -0.2) is 4.57 Å². The van der Waals surface area contributed by atoms with Gasteiger partial charge in [-0.05, 0) is 42.3 Å².